The summed E-state index contributed by atoms with van der Waals surface area (Å²) in [6, 6.07) is 7.58. The normalized spacial score (nSPS) is 32.0. The number of nitrogens with zero attached hydrogens (tertiary/aromatic N) is 1. The summed E-state index contributed by atoms with van der Waals surface area (Å²) in [6.45, 7) is 1.86. The first-order valence-electron chi connectivity index (χ1n) is 9.16. The van der Waals surface area contributed by atoms with Crippen LogP contribution in [0.3, 0.4) is 0 Å². The van der Waals surface area contributed by atoms with Crippen molar-refractivity contribution in [2.24, 2.45) is 17.6 Å². The molecule has 7 heteroatoms. The zero-order chi connectivity index (χ0) is 18.3. The van der Waals surface area contributed by atoms with E-state index in [2.05, 4.69) is 5.32 Å². The summed E-state index contributed by atoms with van der Waals surface area (Å²) in [4.78, 5) is 27.5. The number of carbonyl (C=O) groups is 2. The number of ether oxygens (including phenoxy) is 2. The van der Waals surface area contributed by atoms with Gasteiger partial charge in [-0.15, -0.1) is 0 Å². The van der Waals surface area contributed by atoms with Gasteiger partial charge in [-0.05, 0) is 18.9 Å². The van der Waals surface area contributed by atoms with Gasteiger partial charge in [0, 0.05) is 25.2 Å². The fourth-order valence-electron chi connectivity index (χ4n) is 4.83. The van der Waals surface area contributed by atoms with Gasteiger partial charge in [0.25, 0.3) is 0 Å². The molecule has 140 valence electrons. The van der Waals surface area contributed by atoms with Crippen LogP contribution in [0.4, 0.5) is 0 Å². The van der Waals surface area contributed by atoms with Crippen LogP contribution in [-0.2, 0) is 20.9 Å². The van der Waals surface area contributed by atoms with E-state index in [1.807, 2.05) is 24.3 Å². The number of hydrogen-bond donors (Lipinski definition) is 2. The van der Waals surface area contributed by atoms with Gasteiger partial charge in [0.05, 0.1) is 37.2 Å². The Balaban J connectivity index is 1.49. The smallest absolute Gasteiger partial charge is 0.229 e. The highest BCUT2D eigenvalue weighted by Gasteiger charge is 2.68. The number of amides is 2. The SMILES string of the molecule is COc1ccccc1CNC(=O)[C@H]1[C@H]2C(=O)N(CCN)C[C@]23CC[C@H]1O3. The van der Waals surface area contributed by atoms with E-state index in [4.69, 9.17) is 15.2 Å². The maximum atomic E-state index is 12.9. The van der Waals surface area contributed by atoms with Gasteiger partial charge in [0.1, 0.15) is 5.75 Å². The van der Waals surface area contributed by atoms with Crippen molar-refractivity contribution in [3.05, 3.63) is 29.8 Å². The number of nitrogens with one attached hydrogen (secondary N) is 1. The van der Waals surface area contributed by atoms with Gasteiger partial charge in [-0.25, -0.2) is 0 Å². The summed E-state index contributed by atoms with van der Waals surface area (Å²) in [5.74, 6) is -0.177. The van der Waals surface area contributed by atoms with Crippen molar-refractivity contribution in [1.82, 2.24) is 10.2 Å². The van der Waals surface area contributed by atoms with E-state index in [1.165, 1.54) is 0 Å². The molecule has 4 atom stereocenters. The van der Waals surface area contributed by atoms with Crippen molar-refractivity contribution in [2.75, 3.05) is 26.7 Å². The van der Waals surface area contributed by atoms with E-state index < -0.39 is 11.5 Å². The first-order chi connectivity index (χ1) is 12.6. The molecule has 0 saturated carbocycles. The molecule has 0 aromatic heterocycles. The molecule has 7 nitrogen and oxygen atoms in total. The fraction of sp³-hybridized carbons (Fsp3) is 0.579. The van der Waals surface area contributed by atoms with Crippen LogP contribution in [-0.4, -0.2) is 55.2 Å². The zero-order valence-corrected chi connectivity index (χ0v) is 14.9. The Kier molecular flexibility index (Phi) is 4.36. The minimum atomic E-state index is -0.497. The molecule has 0 unspecified atom stereocenters. The zero-order valence-electron chi connectivity index (χ0n) is 14.9. The summed E-state index contributed by atoms with van der Waals surface area (Å²) in [5.41, 5.74) is 6.03. The Bertz CT molecular complexity index is 724. The van der Waals surface area contributed by atoms with E-state index in [0.717, 1.165) is 24.2 Å². The van der Waals surface area contributed by atoms with Gasteiger partial charge in [-0.1, -0.05) is 18.2 Å². The summed E-state index contributed by atoms with van der Waals surface area (Å²) in [7, 11) is 1.61. The van der Waals surface area contributed by atoms with E-state index in [1.54, 1.807) is 12.0 Å². The van der Waals surface area contributed by atoms with E-state index in [9.17, 15) is 9.59 Å². The number of benzene rings is 1. The number of methoxy groups -OCH3 is 1. The van der Waals surface area contributed by atoms with Crippen molar-refractivity contribution in [1.29, 1.82) is 0 Å². The van der Waals surface area contributed by atoms with Gasteiger partial charge in [-0.3, -0.25) is 9.59 Å². The standard InChI is InChI=1S/C19H25N3O4/c1-25-13-5-3-2-4-12(13)10-21-17(23)15-14-6-7-19(26-14)11-22(9-8-20)18(24)16(15)19/h2-5,14-16H,6-11,20H2,1H3,(H,21,23)/t14-,15-,16+,19-/m1/s1. The lowest BCUT2D eigenvalue weighted by atomic mass is 9.73. The number of likely N-dealkylation sites (tertiary alicyclic amines) is 1. The Morgan fingerprint density at radius 3 is 3.04 bits per heavy atom. The number of fused-ring (bicyclic) bond motifs is 1. The monoisotopic (exact) mass is 359 g/mol. The van der Waals surface area contributed by atoms with Crippen LogP contribution < -0.4 is 15.8 Å². The highest BCUT2D eigenvalue weighted by molar-refractivity contribution is 5.92. The van der Waals surface area contributed by atoms with Crippen LogP contribution in [0.25, 0.3) is 0 Å². The van der Waals surface area contributed by atoms with Crippen LogP contribution >= 0.6 is 0 Å². The minimum Gasteiger partial charge on any atom is -0.496 e. The number of hydrogen-bond acceptors (Lipinski definition) is 5. The highest BCUT2D eigenvalue weighted by Crippen LogP contribution is 2.55. The molecule has 2 bridgehead atoms. The lowest BCUT2D eigenvalue weighted by molar-refractivity contribution is -0.138. The largest absolute Gasteiger partial charge is 0.496 e. The third-order valence-electron chi connectivity index (χ3n) is 5.95. The first kappa shape index (κ1) is 17.3. The minimum absolute atomic E-state index is 0.00934. The predicted molar refractivity (Wildman–Crippen MR) is 94.3 cm³/mol. The average Bonchev–Trinajstić information content (AvgIpc) is 3.29. The molecule has 3 heterocycles. The van der Waals surface area contributed by atoms with Gasteiger partial charge in [-0.2, -0.15) is 0 Å². The second kappa shape index (κ2) is 6.55. The molecule has 2 amide bonds. The van der Waals surface area contributed by atoms with Crippen LogP contribution in [0.2, 0.25) is 0 Å². The number of carbonyl (C=O) groups excluding carboxylic acids is 2. The summed E-state index contributed by atoms with van der Waals surface area (Å²) < 4.78 is 11.5. The summed E-state index contributed by atoms with van der Waals surface area (Å²) in [5, 5.41) is 2.98. The van der Waals surface area contributed by atoms with E-state index in [-0.39, 0.29) is 23.8 Å². The first-order valence-corrected chi connectivity index (χ1v) is 9.16. The van der Waals surface area contributed by atoms with Gasteiger partial charge in [0.15, 0.2) is 0 Å². The third kappa shape index (κ3) is 2.57. The molecule has 3 N–H and O–H groups in total. The number of para-hydroxylation sites is 1. The molecule has 4 rings (SSSR count). The molecule has 1 aromatic carbocycles. The summed E-state index contributed by atoms with van der Waals surface area (Å²) >= 11 is 0. The Morgan fingerprint density at radius 2 is 2.27 bits per heavy atom. The van der Waals surface area contributed by atoms with Gasteiger partial charge in [0.2, 0.25) is 11.8 Å². The van der Waals surface area contributed by atoms with Crippen LogP contribution in [0.1, 0.15) is 18.4 Å². The van der Waals surface area contributed by atoms with Crippen molar-refractivity contribution in [3.8, 4) is 5.75 Å². The molecular weight excluding hydrogens is 334 g/mol. The molecule has 0 radical (unpaired) electrons. The number of nitrogens with two attached hydrogens (primary N) is 1. The molecule has 0 aliphatic carbocycles. The molecule has 3 fully saturated rings. The quantitative estimate of drug-likeness (QED) is 0.761. The molecule has 1 spiro atoms. The molecule has 1 aromatic rings. The molecule has 3 saturated heterocycles. The lowest BCUT2D eigenvalue weighted by Gasteiger charge is -2.27. The Morgan fingerprint density at radius 1 is 1.46 bits per heavy atom. The molecule has 3 aliphatic heterocycles. The fourth-order valence-corrected chi connectivity index (χ4v) is 4.83. The molecular formula is C19H25N3O4. The average molecular weight is 359 g/mol. The van der Waals surface area contributed by atoms with Crippen molar-refractivity contribution in [3.63, 3.8) is 0 Å². The van der Waals surface area contributed by atoms with E-state index >= 15 is 0 Å². The van der Waals surface area contributed by atoms with Crippen molar-refractivity contribution >= 4 is 11.8 Å². The topological polar surface area (TPSA) is 93.9 Å². The lowest BCUT2D eigenvalue weighted by Crippen LogP contribution is -2.45. The second-order valence-electron chi connectivity index (χ2n) is 7.34. The summed E-state index contributed by atoms with van der Waals surface area (Å²) in [6.07, 6.45) is 1.50. The Labute approximate surface area is 152 Å². The van der Waals surface area contributed by atoms with Gasteiger partial charge < -0.3 is 25.4 Å². The van der Waals surface area contributed by atoms with Crippen LogP contribution in [0.5, 0.6) is 5.75 Å². The third-order valence-corrected chi connectivity index (χ3v) is 5.95. The van der Waals surface area contributed by atoms with E-state index in [0.29, 0.717) is 26.2 Å². The number of rotatable bonds is 6. The maximum absolute atomic E-state index is 12.9. The molecule has 3 aliphatic rings. The van der Waals surface area contributed by atoms with Crippen LogP contribution in [0, 0.1) is 11.8 Å². The molecule has 26 heavy (non-hydrogen) atoms. The maximum Gasteiger partial charge on any atom is 0.229 e. The highest BCUT2D eigenvalue weighted by atomic mass is 16.5. The van der Waals surface area contributed by atoms with Gasteiger partial charge >= 0.3 is 0 Å². The van der Waals surface area contributed by atoms with Crippen LogP contribution in [0.15, 0.2) is 24.3 Å². The predicted octanol–water partition coefficient (Wildman–Crippen LogP) is 0.276. The Hall–Kier alpha value is -2.12. The van der Waals surface area contributed by atoms with Crippen molar-refractivity contribution < 1.29 is 19.1 Å². The second-order valence-corrected chi connectivity index (χ2v) is 7.34. The van der Waals surface area contributed by atoms with Crippen molar-refractivity contribution in [2.45, 2.75) is 31.1 Å².